The van der Waals surface area contributed by atoms with Gasteiger partial charge in [0.25, 0.3) is 0 Å². The third kappa shape index (κ3) is 4.36. The molecule has 0 aliphatic carbocycles. The summed E-state index contributed by atoms with van der Waals surface area (Å²) in [5, 5.41) is 7.27. The van der Waals surface area contributed by atoms with Gasteiger partial charge in [-0.25, -0.2) is 15.0 Å². The van der Waals surface area contributed by atoms with Crippen LogP contribution in [0.15, 0.2) is 53.4 Å². The number of carbonyl (C=O) groups is 1. The average molecular weight is 433 g/mol. The molecule has 6 nitrogen and oxygen atoms in total. The highest BCUT2D eigenvalue weighted by Gasteiger charge is 2.08. The van der Waals surface area contributed by atoms with Crippen LogP contribution in [0, 0.1) is 0 Å². The maximum Gasteiger partial charge on any atom is 0.249 e. The molecule has 0 aliphatic heterocycles. The maximum atomic E-state index is 11.8. The zero-order valence-electron chi connectivity index (χ0n) is 13.8. The first-order valence-electron chi connectivity index (χ1n) is 7.87. The van der Waals surface area contributed by atoms with E-state index in [2.05, 4.69) is 41.5 Å². The molecule has 0 saturated carbocycles. The lowest BCUT2D eigenvalue weighted by molar-refractivity contribution is -0.111. The second-order valence-electron chi connectivity index (χ2n) is 5.36. The third-order valence-electron chi connectivity index (χ3n) is 3.46. The number of amides is 1. The Hall–Kier alpha value is -2.51. The largest absolute Gasteiger partial charge is 0.340 e. The molecule has 3 rings (SSSR count). The predicted molar refractivity (Wildman–Crippen MR) is 108 cm³/mol. The topological polar surface area (TPSA) is 79.8 Å². The van der Waals surface area contributed by atoms with Gasteiger partial charge in [-0.15, -0.1) is 0 Å². The van der Waals surface area contributed by atoms with Crippen molar-refractivity contribution >= 4 is 61.7 Å². The molecule has 1 aromatic carbocycles. The molecule has 0 bridgehead atoms. The van der Waals surface area contributed by atoms with Crippen molar-refractivity contribution in [2.45, 2.75) is 13.3 Å². The van der Waals surface area contributed by atoms with E-state index in [4.69, 9.17) is 11.6 Å². The zero-order valence-corrected chi connectivity index (χ0v) is 16.2. The summed E-state index contributed by atoms with van der Waals surface area (Å²) in [5.74, 6) is 0.787. The van der Waals surface area contributed by atoms with Gasteiger partial charge in [0.1, 0.15) is 18.0 Å². The first kappa shape index (κ1) is 18.3. The fourth-order valence-corrected chi connectivity index (χ4v) is 2.66. The van der Waals surface area contributed by atoms with Crippen molar-refractivity contribution in [2.75, 3.05) is 10.6 Å². The number of rotatable bonds is 5. The SMILES string of the molecule is CC/C=C/C(=O)Nc1cc2c(Nc3ccc(Br)c(Cl)c3)ncnc2cn1. The lowest BCUT2D eigenvalue weighted by Crippen LogP contribution is -2.09. The smallest absolute Gasteiger partial charge is 0.249 e. The van der Waals surface area contributed by atoms with E-state index < -0.39 is 0 Å². The number of halogens is 2. The van der Waals surface area contributed by atoms with Crippen molar-refractivity contribution < 1.29 is 4.79 Å². The minimum absolute atomic E-state index is 0.232. The number of anilines is 3. The van der Waals surface area contributed by atoms with Gasteiger partial charge in [0.05, 0.1) is 16.7 Å². The Morgan fingerprint density at radius 3 is 2.88 bits per heavy atom. The Bertz CT molecular complexity index is 992. The highest BCUT2D eigenvalue weighted by atomic mass is 79.9. The lowest BCUT2D eigenvalue weighted by Gasteiger charge is -2.10. The zero-order chi connectivity index (χ0) is 18.5. The van der Waals surface area contributed by atoms with Gasteiger partial charge in [-0.05, 0) is 52.7 Å². The Morgan fingerprint density at radius 2 is 2.12 bits per heavy atom. The van der Waals surface area contributed by atoms with Crippen LogP contribution >= 0.6 is 27.5 Å². The molecule has 0 saturated heterocycles. The Morgan fingerprint density at radius 1 is 1.27 bits per heavy atom. The van der Waals surface area contributed by atoms with E-state index in [1.807, 2.05) is 19.1 Å². The summed E-state index contributed by atoms with van der Waals surface area (Å²) in [4.78, 5) is 24.6. The fraction of sp³-hybridized carbons (Fsp3) is 0.111. The van der Waals surface area contributed by atoms with Crippen molar-refractivity contribution in [2.24, 2.45) is 0 Å². The molecule has 3 aromatic rings. The molecule has 2 aromatic heterocycles. The molecule has 0 unspecified atom stereocenters. The molecular weight excluding hydrogens is 418 g/mol. The van der Waals surface area contributed by atoms with Crippen molar-refractivity contribution in [1.82, 2.24) is 15.0 Å². The summed E-state index contributed by atoms with van der Waals surface area (Å²) in [7, 11) is 0. The van der Waals surface area contributed by atoms with E-state index in [9.17, 15) is 4.79 Å². The second-order valence-corrected chi connectivity index (χ2v) is 6.62. The van der Waals surface area contributed by atoms with Crippen LogP contribution in [0.4, 0.5) is 17.3 Å². The summed E-state index contributed by atoms with van der Waals surface area (Å²) in [6.45, 7) is 1.96. The van der Waals surface area contributed by atoms with E-state index in [-0.39, 0.29) is 5.91 Å². The van der Waals surface area contributed by atoms with Crippen molar-refractivity contribution in [1.29, 1.82) is 0 Å². The fourth-order valence-electron chi connectivity index (χ4n) is 2.23. The van der Waals surface area contributed by atoms with Gasteiger partial charge < -0.3 is 10.6 Å². The van der Waals surface area contributed by atoms with E-state index in [0.717, 1.165) is 22.0 Å². The summed E-state index contributed by atoms with van der Waals surface area (Å²) in [6.07, 6.45) is 7.10. The lowest BCUT2D eigenvalue weighted by atomic mass is 10.2. The number of carbonyl (C=O) groups excluding carboxylic acids is 1. The third-order valence-corrected chi connectivity index (χ3v) is 4.69. The van der Waals surface area contributed by atoms with Gasteiger partial charge in [0.15, 0.2) is 0 Å². The molecule has 0 atom stereocenters. The Balaban J connectivity index is 1.92. The summed E-state index contributed by atoms with van der Waals surface area (Å²) < 4.78 is 0.812. The first-order valence-corrected chi connectivity index (χ1v) is 9.04. The van der Waals surface area contributed by atoms with Gasteiger partial charge in [-0.1, -0.05) is 24.6 Å². The molecular formula is C18H15BrClN5O. The highest BCUT2D eigenvalue weighted by Crippen LogP contribution is 2.29. The van der Waals surface area contributed by atoms with Crippen molar-refractivity contribution in [3.8, 4) is 0 Å². The molecule has 0 aliphatic rings. The monoisotopic (exact) mass is 431 g/mol. The normalized spacial score (nSPS) is 11.0. The Labute approximate surface area is 163 Å². The Kier molecular flexibility index (Phi) is 5.80. The number of hydrogen-bond donors (Lipinski definition) is 2. The van der Waals surface area contributed by atoms with Crippen LogP contribution in [0.5, 0.6) is 0 Å². The van der Waals surface area contributed by atoms with Crippen LogP contribution < -0.4 is 10.6 Å². The van der Waals surface area contributed by atoms with Crippen LogP contribution in [0.2, 0.25) is 5.02 Å². The number of fused-ring (bicyclic) bond motifs is 1. The van der Waals surface area contributed by atoms with Crippen molar-refractivity contribution in [3.05, 3.63) is 58.4 Å². The van der Waals surface area contributed by atoms with Gasteiger partial charge in [0.2, 0.25) is 5.91 Å². The summed E-state index contributed by atoms with van der Waals surface area (Å²) in [5.41, 5.74) is 1.44. The maximum absolute atomic E-state index is 11.8. The van der Waals surface area contributed by atoms with Crippen molar-refractivity contribution in [3.63, 3.8) is 0 Å². The number of pyridine rings is 1. The number of hydrogen-bond acceptors (Lipinski definition) is 5. The van der Waals surface area contributed by atoms with Gasteiger partial charge in [-0.2, -0.15) is 0 Å². The summed E-state index contributed by atoms with van der Waals surface area (Å²) >= 11 is 9.50. The van der Waals surface area contributed by atoms with Crippen LogP contribution in [0.3, 0.4) is 0 Å². The molecule has 0 fully saturated rings. The molecule has 8 heteroatoms. The van der Waals surface area contributed by atoms with E-state index in [0.29, 0.717) is 22.2 Å². The number of nitrogens with one attached hydrogen (secondary N) is 2. The minimum Gasteiger partial charge on any atom is -0.340 e. The number of benzene rings is 1. The van der Waals surface area contributed by atoms with Gasteiger partial charge in [0, 0.05) is 15.5 Å². The van der Waals surface area contributed by atoms with E-state index in [1.165, 1.54) is 12.4 Å². The second kappa shape index (κ2) is 8.25. The van der Waals surface area contributed by atoms with E-state index >= 15 is 0 Å². The molecule has 2 heterocycles. The quantitative estimate of drug-likeness (QED) is 0.549. The number of nitrogens with zero attached hydrogens (tertiary/aromatic N) is 3. The van der Waals surface area contributed by atoms with Crippen LogP contribution in [0.25, 0.3) is 10.9 Å². The van der Waals surface area contributed by atoms with E-state index in [1.54, 1.807) is 24.4 Å². The predicted octanol–water partition coefficient (Wildman–Crippen LogP) is 5.09. The molecule has 0 spiro atoms. The summed E-state index contributed by atoms with van der Waals surface area (Å²) in [6, 6.07) is 7.25. The molecule has 26 heavy (non-hydrogen) atoms. The van der Waals surface area contributed by atoms with Gasteiger partial charge in [-0.3, -0.25) is 4.79 Å². The first-order chi connectivity index (χ1) is 12.6. The van der Waals surface area contributed by atoms with Crippen LogP contribution in [0.1, 0.15) is 13.3 Å². The van der Waals surface area contributed by atoms with Gasteiger partial charge >= 0.3 is 0 Å². The molecule has 2 N–H and O–H groups in total. The average Bonchev–Trinajstić information content (AvgIpc) is 2.63. The molecule has 132 valence electrons. The minimum atomic E-state index is -0.232. The molecule has 0 radical (unpaired) electrons. The molecule has 1 amide bonds. The van der Waals surface area contributed by atoms with Crippen LogP contribution in [-0.2, 0) is 4.79 Å². The van der Waals surface area contributed by atoms with Crippen LogP contribution in [-0.4, -0.2) is 20.9 Å². The number of allylic oxidation sites excluding steroid dienone is 1. The standard InChI is InChI=1S/C18H15BrClN5O/c1-2-3-4-17(26)25-16-8-12-15(9-21-16)22-10-23-18(12)24-11-5-6-13(19)14(20)7-11/h3-10H,2H2,1H3,(H,21,25,26)(H,22,23,24)/b4-3+. The number of aromatic nitrogens is 3. The highest BCUT2D eigenvalue weighted by molar-refractivity contribution is 9.10.